The van der Waals surface area contributed by atoms with Crippen LogP contribution in [0, 0.1) is 0 Å². The van der Waals surface area contributed by atoms with Crippen molar-refractivity contribution in [2.75, 3.05) is 0 Å². The molecule has 25 heavy (non-hydrogen) atoms. The third-order valence-electron chi connectivity index (χ3n) is 3.54. The lowest BCUT2D eigenvalue weighted by Crippen LogP contribution is -2.44. The second-order valence-electron chi connectivity index (χ2n) is 6.09. The van der Waals surface area contributed by atoms with Crippen molar-refractivity contribution in [3.8, 4) is 5.75 Å². The average Bonchev–Trinajstić information content (AvgIpc) is 2.61. The number of hydrogen-bond donors (Lipinski definition) is 2. The maximum absolute atomic E-state index is 12.1. The van der Waals surface area contributed by atoms with Gasteiger partial charge in [0, 0.05) is 12.1 Å². The topological polar surface area (TPSA) is 67.4 Å². The molecule has 0 heterocycles. The van der Waals surface area contributed by atoms with Crippen LogP contribution in [0.1, 0.15) is 36.7 Å². The van der Waals surface area contributed by atoms with Crippen LogP contribution in [-0.4, -0.2) is 24.0 Å². The Morgan fingerprint density at radius 2 is 1.60 bits per heavy atom. The first kappa shape index (κ1) is 18.5. The molecule has 0 radical (unpaired) electrons. The molecule has 0 saturated carbocycles. The number of ether oxygens (including phenoxy) is 1. The number of carbonyl (C=O) groups excluding carboxylic acids is 2. The first-order valence-corrected chi connectivity index (χ1v) is 8.35. The van der Waals surface area contributed by atoms with Crippen LogP contribution < -0.4 is 15.4 Å². The van der Waals surface area contributed by atoms with Crippen LogP contribution in [-0.2, 0) is 11.3 Å². The smallest absolute Gasteiger partial charge is 0.251 e. The fraction of sp³-hybridized carbons (Fsp3) is 0.300. The van der Waals surface area contributed by atoms with Gasteiger partial charge >= 0.3 is 0 Å². The van der Waals surface area contributed by atoms with Crippen molar-refractivity contribution < 1.29 is 14.3 Å². The first-order valence-electron chi connectivity index (χ1n) is 8.35. The quantitative estimate of drug-likeness (QED) is 0.814. The predicted molar refractivity (Wildman–Crippen MR) is 97.4 cm³/mol. The Kier molecular flexibility index (Phi) is 6.57. The van der Waals surface area contributed by atoms with Gasteiger partial charge in [0.15, 0.2) is 0 Å². The molecule has 1 unspecified atom stereocenters. The summed E-state index contributed by atoms with van der Waals surface area (Å²) >= 11 is 0. The van der Waals surface area contributed by atoms with Gasteiger partial charge in [-0.1, -0.05) is 30.3 Å². The summed E-state index contributed by atoms with van der Waals surface area (Å²) in [7, 11) is 0. The van der Waals surface area contributed by atoms with Gasteiger partial charge in [0.05, 0.1) is 6.10 Å². The fourth-order valence-electron chi connectivity index (χ4n) is 2.24. The highest BCUT2D eigenvalue weighted by atomic mass is 16.5. The van der Waals surface area contributed by atoms with Gasteiger partial charge < -0.3 is 15.4 Å². The van der Waals surface area contributed by atoms with Gasteiger partial charge in [-0.15, -0.1) is 0 Å². The Balaban J connectivity index is 1.82. The first-order chi connectivity index (χ1) is 12.0. The molecule has 2 aromatic rings. The lowest BCUT2D eigenvalue weighted by molar-refractivity contribution is -0.122. The van der Waals surface area contributed by atoms with Crippen molar-refractivity contribution in [3.63, 3.8) is 0 Å². The average molecular weight is 340 g/mol. The number of amides is 2. The van der Waals surface area contributed by atoms with Crippen molar-refractivity contribution >= 4 is 11.8 Å². The van der Waals surface area contributed by atoms with Crippen molar-refractivity contribution in [1.82, 2.24) is 10.6 Å². The van der Waals surface area contributed by atoms with E-state index in [9.17, 15) is 9.59 Å². The zero-order chi connectivity index (χ0) is 18.2. The fourth-order valence-corrected chi connectivity index (χ4v) is 2.24. The predicted octanol–water partition coefficient (Wildman–Crippen LogP) is 2.91. The summed E-state index contributed by atoms with van der Waals surface area (Å²) < 4.78 is 5.58. The summed E-state index contributed by atoms with van der Waals surface area (Å²) in [6.45, 7) is 6.00. The zero-order valence-electron chi connectivity index (χ0n) is 14.8. The van der Waals surface area contributed by atoms with Crippen molar-refractivity contribution in [1.29, 1.82) is 0 Å². The highest BCUT2D eigenvalue weighted by molar-refractivity contribution is 5.97. The van der Waals surface area contributed by atoms with E-state index < -0.39 is 6.04 Å². The molecule has 0 saturated heterocycles. The minimum Gasteiger partial charge on any atom is -0.491 e. The van der Waals surface area contributed by atoms with Gasteiger partial charge in [0.25, 0.3) is 5.91 Å². The standard InChI is InChI=1S/C20H24N2O3/c1-14(2)25-18-11-9-16(10-12-18)13-21-19(23)15(3)22-20(24)17-7-5-4-6-8-17/h4-12,14-15H,13H2,1-3H3,(H,21,23)(H,22,24). The normalized spacial score (nSPS) is 11.7. The summed E-state index contributed by atoms with van der Waals surface area (Å²) in [5.41, 5.74) is 1.49. The second kappa shape index (κ2) is 8.87. The van der Waals surface area contributed by atoms with Gasteiger partial charge in [0.1, 0.15) is 11.8 Å². The minimum absolute atomic E-state index is 0.125. The molecule has 0 aromatic heterocycles. The lowest BCUT2D eigenvalue weighted by Gasteiger charge is -2.14. The van der Waals surface area contributed by atoms with E-state index in [1.54, 1.807) is 31.2 Å². The summed E-state index contributed by atoms with van der Waals surface area (Å²) in [6.07, 6.45) is 0.125. The van der Waals surface area contributed by atoms with Gasteiger partial charge in [0.2, 0.25) is 5.91 Å². The van der Waals surface area contributed by atoms with Crippen LogP contribution in [0.15, 0.2) is 54.6 Å². The molecule has 0 spiro atoms. The maximum Gasteiger partial charge on any atom is 0.251 e. The van der Waals surface area contributed by atoms with Crippen LogP contribution in [0.3, 0.4) is 0 Å². The number of rotatable bonds is 7. The molecular weight excluding hydrogens is 316 g/mol. The van der Waals surface area contributed by atoms with Crippen molar-refractivity contribution in [2.45, 2.75) is 39.5 Å². The molecule has 0 aliphatic heterocycles. The van der Waals surface area contributed by atoms with Crippen molar-refractivity contribution in [2.24, 2.45) is 0 Å². The highest BCUT2D eigenvalue weighted by Crippen LogP contribution is 2.13. The van der Waals surface area contributed by atoms with Gasteiger partial charge in [-0.2, -0.15) is 0 Å². The van der Waals surface area contributed by atoms with Gasteiger partial charge in [-0.25, -0.2) is 0 Å². The molecule has 0 aliphatic carbocycles. The van der Waals surface area contributed by atoms with Crippen LogP contribution >= 0.6 is 0 Å². The molecule has 132 valence electrons. The zero-order valence-corrected chi connectivity index (χ0v) is 14.8. The Hall–Kier alpha value is -2.82. The lowest BCUT2D eigenvalue weighted by atomic mass is 10.2. The van der Waals surface area contributed by atoms with Gasteiger partial charge in [-0.05, 0) is 50.6 Å². The molecule has 0 fully saturated rings. The molecule has 2 amide bonds. The van der Waals surface area contributed by atoms with E-state index in [-0.39, 0.29) is 17.9 Å². The highest BCUT2D eigenvalue weighted by Gasteiger charge is 2.16. The Morgan fingerprint density at radius 3 is 2.20 bits per heavy atom. The molecule has 2 rings (SSSR count). The van der Waals surface area contributed by atoms with E-state index in [2.05, 4.69) is 10.6 Å². The summed E-state index contributed by atoms with van der Waals surface area (Å²) in [6, 6.07) is 15.8. The van der Waals surface area contributed by atoms with Crippen LogP contribution in [0.5, 0.6) is 5.75 Å². The third-order valence-corrected chi connectivity index (χ3v) is 3.54. The monoisotopic (exact) mass is 340 g/mol. The molecule has 5 heteroatoms. The SMILES string of the molecule is CC(C)Oc1ccc(CNC(=O)C(C)NC(=O)c2ccccc2)cc1. The Morgan fingerprint density at radius 1 is 0.960 bits per heavy atom. The number of hydrogen-bond acceptors (Lipinski definition) is 3. The van der Waals surface area contributed by atoms with E-state index in [0.717, 1.165) is 11.3 Å². The van der Waals surface area contributed by atoms with E-state index in [1.807, 2.05) is 44.2 Å². The van der Waals surface area contributed by atoms with Crippen LogP contribution in [0.2, 0.25) is 0 Å². The number of nitrogens with one attached hydrogen (secondary N) is 2. The summed E-state index contributed by atoms with van der Waals surface area (Å²) in [5.74, 6) is 0.304. The number of benzene rings is 2. The van der Waals surface area contributed by atoms with E-state index in [0.29, 0.717) is 12.1 Å². The minimum atomic E-state index is -0.615. The largest absolute Gasteiger partial charge is 0.491 e. The summed E-state index contributed by atoms with van der Waals surface area (Å²) in [5, 5.41) is 5.51. The molecule has 2 aromatic carbocycles. The maximum atomic E-state index is 12.1. The van der Waals surface area contributed by atoms with Crippen LogP contribution in [0.4, 0.5) is 0 Å². The third kappa shape index (κ3) is 5.95. The van der Waals surface area contributed by atoms with E-state index >= 15 is 0 Å². The second-order valence-corrected chi connectivity index (χ2v) is 6.09. The summed E-state index contributed by atoms with van der Waals surface area (Å²) in [4.78, 5) is 24.2. The Labute approximate surface area is 148 Å². The van der Waals surface area contributed by atoms with E-state index in [1.165, 1.54) is 0 Å². The molecule has 2 N–H and O–H groups in total. The van der Waals surface area contributed by atoms with Gasteiger partial charge in [-0.3, -0.25) is 9.59 Å². The number of carbonyl (C=O) groups is 2. The molecule has 1 atom stereocenters. The molecule has 5 nitrogen and oxygen atoms in total. The molecule has 0 aliphatic rings. The van der Waals surface area contributed by atoms with Crippen LogP contribution in [0.25, 0.3) is 0 Å². The van der Waals surface area contributed by atoms with Crippen molar-refractivity contribution in [3.05, 3.63) is 65.7 Å². The Bertz CT molecular complexity index is 697. The molecule has 0 bridgehead atoms. The van der Waals surface area contributed by atoms with E-state index in [4.69, 9.17) is 4.74 Å². The molecular formula is C20H24N2O3.